The molecule has 1 rings (SSSR count). The van der Waals surface area contributed by atoms with E-state index in [1.54, 1.807) is 11.3 Å². The van der Waals surface area contributed by atoms with Gasteiger partial charge in [0.2, 0.25) is 0 Å². The fourth-order valence-corrected chi connectivity index (χ4v) is 3.25. The zero-order valence-corrected chi connectivity index (χ0v) is 12.1. The molecule has 0 aliphatic rings. The summed E-state index contributed by atoms with van der Waals surface area (Å²) in [6.45, 7) is 4.26. The van der Waals surface area contributed by atoms with Crippen molar-refractivity contribution in [3.63, 3.8) is 0 Å². The lowest BCUT2D eigenvalue weighted by Gasteiger charge is -2.14. The van der Waals surface area contributed by atoms with Gasteiger partial charge in [-0.05, 0) is 19.8 Å². The van der Waals surface area contributed by atoms with E-state index in [0.717, 1.165) is 17.2 Å². The molecule has 0 amide bonds. The number of nitrogens with two attached hydrogens (primary N) is 1. The van der Waals surface area contributed by atoms with Gasteiger partial charge in [-0.15, -0.1) is 36.2 Å². The van der Waals surface area contributed by atoms with E-state index in [9.17, 15) is 0 Å². The molecule has 1 aromatic rings. The predicted octanol–water partition coefficient (Wildman–Crippen LogP) is 3.59. The molecule has 2 nitrogen and oxygen atoms in total. The Morgan fingerprint density at radius 2 is 2.20 bits per heavy atom. The van der Waals surface area contributed by atoms with Gasteiger partial charge in [0.1, 0.15) is 4.34 Å². The molecule has 2 atom stereocenters. The molecule has 0 saturated carbocycles. The molecule has 1 unspecified atom stereocenters. The van der Waals surface area contributed by atoms with Gasteiger partial charge in [-0.1, -0.05) is 18.7 Å². The van der Waals surface area contributed by atoms with Crippen LogP contribution in [0, 0.1) is 0 Å². The molecule has 1 aromatic heterocycles. The predicted molar refractivity (Wildman–Crippen MR) is 74.8 cm³/mol. The van der Waals surface area contributed by atoms with Crippen LogP contribution >= 0.6 is 47.9 Å². The smallest absolute Gasteiger partial charge is 0.150 e. The first-order chi connectivity index (χ1) is 6.22. The average molecular weight is 289 g/mol. The van der Waals surface area contributed by atoms with Crippen LogP contribution in [0.15, 0.2) is 15.9 Å². The third kappa shape index (κ3) is 7.41. The van der Waals surface area contributed by atoms with Crippen LogP contribution in [-0.2, 0) is 0 Å². The number of thiazole rings is 1. The number of nitrogens with zero attached hydrogens (tertiary/aromatic N) is 1. The topological polar surface area (TPSA) is 38.9 Å². The second kappa shape index (κ2) is 9.73. The summed E-state index contributed by atoms with van der Waals surface area (Å²) in [5, 5.41) is 2.63. The standard InChI is InChI=1S/C9H16N2S2.2ClH/c1-3-8(6-7(2)10)13-9-11-4-5-12-9;;/h4-5,7-8H,3,6,10H2,1-2H3;2*1H/t7?,8-;;/m1../s1. The lowest BCUT2D eigenvalue weighted by Crippen LogP contribution is -2.20. The van der Waals surface area contributed by atoms with E-state index in [-0.39, 0.29) is 30.9 Å². The minimum Gasteiger partial charge on any atom is -0.328 e. The molecule has 0 aromatic carbocycles. The van der Waals surface area contributed by atoms with E-state index in [1.807, 2.05) is 23.3 Å². The highest BCUT2D eigenvalue weighted by Gasteiger charge is 2.11. The molecule has 0 bridgehead atoms. The second-order valence-corrected chi connectivity index (χ2v) is 5.60. The SMILES string of the molecule is CC[C@H](CC(C)N)Sc1nccs1.Cl.Cl. The molecule has 0 aliphatic heterocycles. The minimum atomic E-state index is 0. The average Bonchev–Trinajstić information content (AvgIpc) is 2.55. The fraction of sp³-hybridized carbons (Fsp3) is 0.667. The largest absolute Gasteiger partial charge is 0.328 e. The van der Waals surface area contributed by atoms with Gasteiger partial charge >= 0.3 is 0 Å². The molecule has 2 N–H and O–H groups in total. The normalized spacial score (nSPS) is 13.5. The highest BCUT2D eigenvalue weighted by molar-refractivity contribution is 8.01. The van der Waals surface area contributed by atoms with Crippen molar-refractivity contribution >= 4 is 47.9 Å². The summed E-state index contributed by atoms with van der Waals surface area (Å²) < 4.78 is 1.16. The zero-order valence-electron chi connectivity index (χ0n) is 8.88. The first kappa shape index (κ1) is 17.9. The quantitative estimate of drug-likeness (QED) is 0.842. The van der Waals surface area contributed by atoms with Crippen LogP contribution in [0.4, 0.5) is 0 Å². The Balaban J connectivity index is 0. The summed E-state index contributed by atoms with van der Waals surface area (Å²) in [5.74, 6) is 0. The number of thioether (sulfide) groups is 1. The summed E-state index contributed by atoms with van der Waals surface area (Å²) in [7, 11) is 0. The monoisotopic (exact) mass is 288 g/mol. The third-order valence-electron chi connectivity index (χ3n) is 1.77. The van der Waals surface area contributed by atoms with Gasteiger partial charge in [0.15, 0.2) is 0 Å². The van der Waals surface area contributed by atoms with Gasteiger partial charge in [-0.3, -0.25) is 0 Å². The molecule has 0 spiro atoms. The van der Waals surface area contributed by atoms with Gasteiger partial charge in [-0.25, -0.2) is 4.98 Å². The van der Waals surface area contributed by atoms with E-state index in [1.165, 1.54) is 0 Å². The van der Waals surface area contributed by atoms with Crippen molar-refractivity contribution in [3.05, 3.63) is 11.6 Å². The molecule has 0 saturated heterocycles. The van der Waals surface area contributed by atoms with Crippen LogP contribution in [0.5, 0.6) is 0 Å². The van der Waals surface area contributed by atoms with Crippen LogP contribution in [0.25, 0.3) is 0 Å². The summed E-state index contributed by atoms with van der Waals surface area (Å²) in [6.07, 6.45) is 4.08. The molecule has 0 aliphatic carbocycles. The lowest BCUT2D eigenvalue weighted by atomic mass is 10.1. The number of hydrogen-bond donors (Lipinski definition) is 1. The van der Waals surface area contributed by atoms with Gasteiger partial charge in [0.25, 0.3) is 0 Å². The molecular weight excluding hydrogens is 271 g/mol. The Kier molecular flexibility index (Phi) is 11.6. The summed E-state index contributed by atoms with van der Waals surface area (Å²) in [6, 6.07) is 0.289. The molecule has 1 heterocycles. The van der Waals surface area contributed by atoms with Crippen LogP contribution in [0.3, 0.4) is 0 Å². The Labute approximate surface area is 112 Å². The summed E-state index contributed by atoms with van der Waals surface area (Å²) >= 11 is 3.56. The molecule has 90 valence electrons. The van der Waals surface area contributed by atoms with Gasteiger partial charge in [0.05, 0.1) is 0 Å². The first-order valence-electron chi connectivity index (χ1n) is 4.54. The molecular formula is C9H18Cl2N2S2. The third-order valence-corrected chi connectivity index (χ3v) is 4.08. The van der Waals surface area contributed by atoms with E-state index >= 15 is 0 Å². The maximum Gasteiger partial charge on any atom is 0.150 e. The molecule has 15 heavy (non-hydrogen) atoms. The highest BCUT2D eigenvalue weighted by Crippen LogP contribution is 2.29. The fourth-order valence-electron chi connectivity index (χ4n) is 1.12. The Morgan fingerprint density at radius 1 is 1.53 bits per heavy atom. The number of rotatable bonds is 5. The second-order valence-electron chi connectivity index (χ2n) is 3.16. The van der Waals surface area contributed by atoms with Crippen molar-refractivity contribution in [3.8, 4) is 0 Å². The highest BCUT2D eigenvalue weighted by atomic mass is 35.5. The van der Waals surface area contributed by atoms with Crippen LogP contribution < -0.4 is 5.73 Å². The maximum atomic E-state index is 5.77. The van der Waals surface area contributed by atoms with E-state index < -0.39 is 0 Å². The number of hydrogen-bond acceptors (Lipinski definition) is 4. The van der Waals surface area contributed by atoms with Crippen molar-refractivity contribution in [1.82, 2.24) is 4.98 Å². The number of aromatic nitrogens is 1. The Bertz CT molecular complexity index is 230. The van der Waals surface area contributed by atoms with Gasteiger partial charge in [0, 0.05) is 22.9 Å². The number of halogens is 2. The maximum absolute atomic E-state index is 5.77. The summed E-state index contributed by atoms with van der Waals surface area (Å²) in [5.41, 5.74) is 5.77. The van der Waals surface area contributed by atoms with E-state index in [2.05, 4.69) is 18.8 Å². The van der Waals surface area contributed by atoms with Crippen molar-refractivity contribution in [1.29, 1.82) is 0 Å². The van der Waals surface area contributed by atoms with Crippen molar-refractivity contribution < 1.29 is 0 Å². The van der Waals surface area contributed by atoms with Crippen LogP contribution in [0.1, 0.15) is 26.7 Å². The van der Waals surface area contributed by atoms with Crippen LogP contribution in [-0.4, -0.2) is 16.3 Å². The Hall–Kier alpha value is 0.520. The van der Waals surface area contributed by atoms with Crippen molar-refractivity contribution in [2.75, 3.05) is 0 Å². The molecule has 0 fully saturated rings. The first-order valence-corrected chi connectivity index (χ1v) is 6.30. The van der Waals surface area contributed by atoms with E-state index in [4.69, 9.17) is 5.73 Å². The minimum absolute atomic E-state index is 0. The Morgan fingerprint density at radius 3 is 2.60 bits per heavy atom. The van der Waals surface area contributed by atoms with E-state index in [0.29, 0.717) is 5.25 Å². The van der Waals surface area contributed by atoms with Crippen molar-refractivity contribution in [2.24, 2.45) is 5.73 Å². The molecule has 0 radical (unpaired) electrons. The van der Waals surface area contributed by atoms with Gasteiger partial charge in [-0.2, -0.15) is 0 Å². The van der Waals surface area contributed by atoms with Crippen LogP contribution in [0.2, 0.25) is 0 Å². The van der Waals surface area contributed by atoms with Crippen molar-refractivity contribution in [2.45, 2.75) is 42.3 Å². The van der Waals surface area contributed by atoms with Gasteiger partial charge < -0.3 is 5.73 Å². The summed E-state index contributed by atoms with van der Waals surface area (Å²) in [4.78, 5) is 4.25. The molecule has 6 heteroatoms. The lowest BCUT2D eigenvalue weighted by molar-refractivity contribution is 0.628. The zero-order chi connectivity index (χ0) is 9.68.